The molecule has 12 heavy (non-hydrogen) atoms. The van der Waals surface area contributed by atoms with E-state index in [1.165, 1.54) is 6.42 Å². The molecule has 0 amide bonds. The van der Waals surface area contributed by atoms with Crippen LogP contribution >= 0.6 is 37.2 Å². The summed E-state index contributed by atoms with van der Waals surface area (Å²) >= 11 is 0. The predicted molar refractivity (Wildman–Crippen MR) is 59.9 cm³/mol. The second kappa shape index (κ2) is 11.4. The van der Waals surface area contributed by atoms with Crippen molar-refractivity contribution in [1.82, 2.24) is 10.6 Å². The molecule has 0 radical (unpaired) electrons. The van der Waals surface area contributed by atoms with Crippen molar-refractivity contribution in [3.8, 4) is 12.3 Å². The van der Waals surface area contributed by atoms with E-state index in [1.54, 1.807) is 0 Å². The summed E-state index contributed by atoms with van der Waals surface area (Å²) in [5, 5.41) is 6.48. The molecule has 1 fully saturated rings. The molecule has 0 aromatic carbocycles. The minimum Gasteiger partial charge on any atom is -0.315 e. The maximum Gasteiger partial charge on any atom is 0.0576 e. The number of terminal acetylenes is 1. The number of hydrogen-bond acceptors (Lipinski definition) is 2. The summed E-state index contributed by atoms with van der Waals surface area (Å²) in [6.45, 7) is 2.90. The molecule has 1 aliphatic heterocycles. The van der Waals surface area contributed by atoms with Crippen LogP contribution in [0.4, 0.5) is 0 Å². The first-order valence-electron chi connectivity index (χ1n) is 3.31. The number of nitrogens with one attached hydrogen (secondary N) is 2. The van der Waals surface area contributed by atoms with Crippen molar-refractivity contribution < 1.29 is 0 Å². The molecule has 0 aliphatic carbocycles. The molecular formula is C7H15Cl3N2. The Bertz CT molecular complexity index is 118. The van der Waals surface area contributed by atoms with Crippen molar-refractivity contribution in [3.63, 3.8) is 0 Å². The maximum atomic E-state index is 5.07. The Morgan fingerprint density at radius 2 is 2.08 bits per heavy atom. The van der Waals surface area contributed by atoms with Gasteiger partial charge in [0.05, 0.1) is 6.54 Å². The van der Waals surface area contributed by atoms with Crippen LogP contribution in [0.1, 0.15) is 6.42 Å². The van der Waals surface area contributed by atoms with Crippen LogP contribution in [0.3, 0.4) is 0 Å². The zero-order valence-corrected chi connectivity index (χ0v) is 9.16. The summed E-state index contributed by atoms with van der Waals surface area (Å²) in [7, 11) is 0. The van der Waals surface area contributed by atoms with E-state index in [1.807, 2.05) is 0 Å². The third-order valence-electron chi connectivity index (χ3n) is 1.55. The van der Waals surface area contributed by atoms with Gasteiger partial charge in [-0.15, -0.1) is 43.6 Å². The summed E-state index contributed by atoms with van der Waals surface area (Å²) < 4.78 is 0. The van der Waals surface area contributed by atoms with Crippen LogP contribution in [-0.2, 0) is 0 Å². The fraction of sp³-hybridized carbons (Fsp3) is 0.714. The van der Waals surface area contributed by atoms with Gasteiger partial charge in [0.2, 0.25) is 0 Å². The number of hydrogen-bond donors (Lipinski definition) is 2. The van der Waals surface area contributed by atoms with Gasteiger partial charge in [-0.25, -0.2) is 0 Å². The third kappa shape index (κ3) is 7.02. The zero-order valence-electron chi connectivity index (χ0n) is 6.71. The van der Waals surface area contributed by atoms with Crippen LogP contribution in [0.15, 0.2) is 0 Å². The Balaban J connectivity index is -0.000000270. The van der Waals surface area contributed by atoms with Gasteiger partial charge in [-0.1, -0.05) is 5.92 Å². The van der Waals surface area contributed by atoms with Crippen LogP contribution in [0, 0.1) is 12.3 Å². The van der Waals surface area contributed by atoms with Crippen LogP contribution in [0.2, 0.25) is 0 Å². The summed E-state index contributed by atoms with van der Waals surface area (Å²) in [5.41, 5.74) is 0. The molecular weight excluding hydrogens is 218 g/mol. The fourth-order valence-corrected chi connectivity index (χ4v) is 1.03. The van der Waals surface area contributed by atoms with Gasteiger partial charge in [-0.2, -0.15) is 0 Å². The Morgan fingerprint density at radius 1 is 1.42 bits per heavy atom. The van der Waals surface area contributed by atoms with Gasteiger partial charge in [0.15, 0.2) is 0 Å². The molecule has 1 unspecified atom stereocenters. The van der Waals surface area contributed by atoms with E-state index in [4.69, 9.17) is 6.42 Å². The monoisotopic (exact) mass is 232 g/mol. The second-order valence-electron chi connectivity index (χ2n) is 2.27. The molecule has 0 saturated carbocycles. The van der Waals surface area contributed by atoms with Crippen molar-refractivity contribution in [2.24, 2.45) is 0 Å². The van der Waals surface area contributed by atoms with Crippen LogP contribution in [0.25, 0.3) is 0 Å². The average Bonchev–Trinajstić information content (AvgIpc) is 2.34. The lowest BCUT2D eigenvalue weighted by molar-refractivity contribution is 0.588. The number of halogens is 3. The van der Waals surface area contributed by atoms with E-state index in [2.05, 4.69) is 16.6 Å². The summed E-state index contributed by atoms with van der Waals surface area (Å²) in [6.07, 6.45) is 6.28. The highest BCUT2D eigenvalue weighted by molar-refractivity contribution is 5.86. The van der Waals surface area contributed by atoms with Crippen molar-refractivity contribution in [3.05, 3.63) is 0 Å². The minimum atomic E-state index is 0. The lowest BCUT2D eigenvalue weighted by Gasteiger charge is -2.05. The van der Waals surface area contributed by atoms with E-state index in [0.717, 1.165) is 13.1 Å². The normalized spacial score (nSPS) is 19.4. The molecule has 1 rings (SSSR count). The fourth-order valence-electron chi connectivity index (χ4n) is 1.03. The van der Waals surface area contributed by atoms with Gasteiger partial charge in [0, 0.05) is 12.6 Å². The number of rotatable bonds is 2. The van der Waals surface area contributed by atoms with Crippen molar-refractivity contribution >= 4 is 37.2 Å². The molecule has 0 spiro atoms. The first-order valence-corrected chi connectivity index (χ1v) is 3.31. The molecule has 2 N–H and O–H groups in total. The SMILES string of the molecule is C#CCNC1CCNC1.Cl.Cl.Cl. The van der Waals surface area contributed by atoms with Crippen LogP contribution in [-0.4, -0.2) is 25.7 Å². The van der Waals surface area contributed by atoms with Gasteiger partial charge in [-0.05, 0) is 13.0 Å². The molecule has 0 aromatic heterocycles. The van der Waals surface area contributed by atoms with Crippen LogP contribution < -0.4 is 10.6 Å². The maximum absolute atomic E-state index is 5.07. The zero-order chi connectivity index (χ0) is 6.53. The Morgan fingerprint density at radius 3 is 2.50 bits per heavy atom. The molecule has 0 bridgehead atoms. The molecule has 1 atom stereocenters. The van der Waals surface area contributed by atoms with E-state index in [9.17, 15) is 0 Å². The van der Waals surface area contributed by atoms with Gasteiger partial charge < -0.3 is 10.6 Å². The van der Waals surface area contributed by atoms with Crippen molar-refractivity contribution in [1.29, 1.82) is 0 Å². The Labute approximate surface area is 92.5 Å². The second-order valence-corrected chi connectivity index (χ2v) is 2.27. The topological polar surface area (TPSA) is 24.1 Å². The van der Waals surface area contributed by atoms with Crippen LogP contribution in [0.5, 0.6) is 0 Å². The summed E-state index contributed by atoms with van der Waals surface area (Å²) in [5.74, 6) is 2.56. The van der Waals surface area contributed by atoms with Gasteiger partial charge in [0.25, 0.3) is 0 Å². The average molecular weight is 234 g/mol. The smallest absolute Gasteiger partial charge is 0.0576 e. The largest absolute Gasteiger partial charge is 0.315 e. The van der Waals surface area contributed by atoms with E-state index < -0.39 is 0 Å². The van der Waals surface area contributed by atoms with Gasteiger partial charge in [-0.3, -0.25) is 0 Å². The van der Waals surface area contributed by atoms with E-state index >= 15 is 0 Å². The minimum absolute atomic E-state index is 0. The highest BCUT2D eigenvalue weighted by Crippen LogP contribution is 1.94. The van der Waals surface area contributed by atoms with Crippen molar-refractivity contribution in [2.75, 3.05) is 19.6 Å². The van der Waals surface area contributed by atoms with E-state index in [0.29, 0.717) is 12.6 Å². The van der Waals surface area contributed by atoms with Gasteiger partial charge in [0.1, 0.15) is 0 Å². The predicted octanol–water partition coefficient (Wildman–Crippen LogP) is 0.836. The third-order valence-corrected chi connectivity index (χ3v) is 1.55. The summed E-state index contributed by atoms with van der Waals surface area (Å²) in [6, 6.07) is 0.612. The van der Waals surface area contributed by atoms with Crippen molar-refractivity contribution in [2.45, 2.75) is 12.5 Å². The molecule has 5 heteroatoms. The lowest BCUT2D eigenvalue weighted by atomic mass is 10.3. The highest BCUT2D eigenvalue weighted by Gasteiger charge is 2.11. The quantitative estimate of drug-likeness (QED) is 0.691. The highest BCUT2D eigenvalue weighted by atomic mass is 35.5. The Hall–Kier alpha value is 0.350. The molecule has 1 heterocycles. The van der Waals surface area contributed by atoms with E-state index in [-0.39, 0.29) is 37.2 Å². The molecule has 2 nitrogen and oxygen atoms in total. The molecule has 1 saturated heterocycles. The molecule has 74 valence electrons. The van der Waals surface area contributed by atoms with Gasteiger partial charge >= 0.3 is 0 Å². The summed E-state index contributed by atoms with van der Waals surface area (Å²) in [4.78, 5) is 0. The first kappa shape index (κ1) is 18.2. The Kier molecular flexibility index (Phi) is 17.2. The lowest BCUT2D eigenvalue weighted by Crippen LogP contribution is -2.30. The molecule has 0 aromatic rings. The first-order chi connectivity index (χ1) is 4.43. The molecule has 1 aliphatic rings. The standard InChI is InChI=1S/C7H12N2.3ClH/c1-2-4-9-7-3-5-8-6-7;;;/h1,7-9H,3-6H2;3*1H.